The lowest BCUT2D eigenvalue weighted by atomic mass is 10.2. The molecular weight excluding hydrogens is 349 g/mol. The van der Waals surface area contributed by atoms with E-state index in [9.17, 15) is 4.79 Å². The second-order valence-corrected chi connectivity index (χ2v) is 5.64. The van der Waals surface area contributed by atoms with Gasteiger partial charge in [0.2, 0.25) is 5.91 Å². The van der Waals surface area contributed by atoms with Crippen molar-refractivity contribution >= 4 is 40.9 Å². The number of benzene rings is 2. The highest BCUT2D eigenvalue weighted by atomic mass is 35.5. The van der Waals surface area contributed by atoms with E-state index < -0.39 is 0 Å². The summed E-state index contributed by atoms with van der Waals surface area (Å²) in [4.78, 5) is 12.0. The Morgan fingerprint density at radius 1 is 1.17 bits per heavy atom. The quantitative estimate of drug-likeness (QED) is 0.722. The summed E-state index contributed by atoms with van der Waals surface area (Å²) in [6.07, 6.45) is 4.50. The molecule has 0 radical (unpaired) electrons. The van der Waals surface area contributed by atoms with Gasteiger partial charge in [0.25, 0.3) is 0 Å². The molecule has 0 atom stereocenters. The van der Waals surface area contributed by atoms with Crippen LogP contribution < -0.4 is 5.32 Å². The normalized spacial score (nSPS) is 10.9. The van der Waals surface area contributed by atoms with Crippen LogP contribution in [-0.2, 0) is 4.79 Å². The topological polar surface area (TPSA) is 72.7 Å². The maximum absolute atomic E-state index is 12.0. The first-order valence-electron chi connectivity index (χ1n) is 6.89. The first-order valence-corrected chi connectivity index (χ1v) is 7.65. The molecule has 0 fully saturated rings. The average Bonchev–Trinajstić information content (AvgIpc) is 3.09. The summed E-state index contributed by atoms with van der Waals surface area (Å²) in [6.45, 7) is 0. The van der Waals surface area contributed by atoms with Crippen LogP contribution in [0, 0.1) is 0 Å². The number of carbonyl (C=O) groups is 1. The van der Waals surface area contributed by atoms with Crippen LogP contribution in [0.4, 0.5) is 5.69 Å². The Morgan fingerprint density at radius 2 is 2.04 bits per heavy atom. The first-order chi connectivity index (χ1) is 11.6. The molecule has 0 saturated heterocycles. The maximum atomic E-state index is 12.0. The van der Waals surface area contributed by atoms with Crippen molar-refractivity contribution in [1.29, 1.82) is 0 Å². The zero-order valence-electron chi connectivity index (χ0n) is 12.2. The highest BCUT2D eigenvalue weighted by Crippen LogP contribution is 2.22. The molecule has 0 aliphatic carbocycles. The number of tetrazole rings is 1. The molecule has 3 rings (SSSR count). The van der Waals surface area contributed by atoms with Gasteiger partial charge in [-0.3, -0.25) is 4.79 Å². The summed E-state index contributed by atoms with van der Waals surface area (Å²) < 4.78 is 1.50. The van der Waals surface area contributed by atoms with E-state index >= 15 is 0 Å². The van der Waals surface area contributed by atoms with Gasteiger partial charge < -0.3 is 5.32 Å². The largest absolute Gasteiger partial charge is 0.322 e. The third-order valence-corrected chi connectivity index (χ3v) is 3.67. The number of hydrogen-bond donors (Lipinski definition) is 1. The summed E-state index contributed by atoms with van der Waals surface area (Å²) >= 11 is 11.9. The Labute approximate surface area is 147 Å². The van der Waals surface area contributed by atoms with Crippen molar-refractivity contribution < 1.29 is 4.79 Å². The summed E-state index contributed by atoms with van der Waals surface area (Å²) in [6, 6.07) is 12.2. The number of amides is 1. The first kappa shape index (κ1) is 16.2. The van der Waals surface area contributed by atoms with Gasteiger partial charge in [-0.1, -0.05) is 35.3 Å². The Bertz CT molecular complexity index is 893. The Kier molecular flexibility index (Phi) is 4.88. The lowest BCUT2D eigenvalue weighted by Gasteiger charge is -2.05. The summed E-state index contributed by atoms with van der Waals surface area (Å²) in [7, 11) is 0. The highest BCUT2D eigenvalue weighted by molar-refractivity contribution is 6.35. The lowest BCUT2D eigenvalue weighted by molar-refractivity contribution is -0.111. The standard InChI is InChI=1S/C16H11Cl2N5O/c17-12-6-4-11(15(18)8-12)5-7-16(24)20-13-2-1-3-14(9-13)23-10-19-21-22-23/h1-10H,(H,20,24)/b7-5+. The summed E-state index contributed by atoms with van der Waals surface area (Å²) in [5.74, 6) is -0.283. The fourth-order valence-electron chi connectivity index (χ4n) is 1.99. The number of nitrogens with one attached hydrogen (secondary N) is 1. The van der Waals surface area contributed by atoms with Gasteiger partial charge in [0.1, 0.15) is 6.33 Å². The minimum atomic E-state index is -0.283. The molecular formula is C16H11Cl2N5O. The van der Waals surface area contributed by atoms with Gasteiger partial charge in [-0.2, -0.15) is 0 Å². The molecule has 1 amide bonds. The number of anilines is 1. The molecule has 1 aromatic heterocycles. The molecule has 8 heteroatoms. The fraction of sp³-hybridized carbons (Fsp3) is 0. The number of carbonyl (C=O) groups excluding carboxylic acids is 1. The van der Waals surface area contributed by atoms with Crippen LogP contribution >= 0.6 is 23.2 Å². The average molecular weight is 360 g/mol. The van der Waals surface area contributed by atoms with Gasteiger partial charge in [0.15, 0.2) is 0 Å². The molecule has 0 saturated carbocycles. The van der Waals surface area contributed by atoms with Crippen molar-refractivity contribution in [1.82, 2.24) is 20.2 Å². The minimum Gasteiger partial charge on any atom is -0.322 e. The summed E-state index contributed by atoms with van der Waals surface area (Å²) in [5.41, 5.74) is 2.07. The predicted octanol–water partition coefficient (Wildman–Crippen LogP) is 3.62. The highest BCUT2D eigenvalue weighted by Gasteiger charge is 2.03. The fourth-order valence-corrected chi connectivity index (χ4v) is 2.46. The van der Waals surface area contributed by atoms with Crippen LogP contribution in [0.15, 0.2) is 54.9 Å². The zero-order chi connectivity index (χ0) is 16.9. The van der Waals surface area contributed by atoms with Crippen LogP contribution in [0.5, 0.6) is 0 Å². The molecule has 2 aromatic carbocycles. The third-order valence-electron chi connectivity index (χ3n) is 3.10. The number of hydrogen-bond acceptors (Lipinski definition) is 4. The minimum absolute atomic E-state index is 0.283. The van der Waals surface area contributed by atoms with Gasteiger partial charge in [0.05, 0.1) is 5.69 Å². The SMILES string of the molecule is O=C(/C=C/c1ccc(Cl)cc1Cl)Nc1cccc(-n2cnnn2)c1. The number of halogens is 2. The summed E-state index contributed by atoms with van der Waals surface area (Å²) in [5, 5.41) is 14.8. The van der Waals surface area contributed by atoms with Crippen molar-refractivity contribution in [2.24, 2.45) is 0 Å². The number of aromatic nitrogens is 4. The van der Waals surface area contributed by atoms with E-state index in [1.165, 1.54) is 17.1 Å². The molecule has 1 heterocycles. The monoisotopic (exact) mass is 359 g/mol. The maximum Gasteiger partial charge on any atom is 0.248 e. The molecule has 0 bridgehead atoms. The second-order valence-electron chi connectivity index (χ2n) is 4.79. The lowest BCUT2D eigenvalue weighted by Crippen LogP contribution is -2.08. The molecule has 0 spiro atoms. The Hall–Kier alpha value is -2.70. The number of nitrogens with zero attached hydrogens (tertiary/aromatic N) is 4. The third kappa shape index (κ3) is 3.98. The zero-order valence-corrected chi connectivity index (χ0v) is 13.7. The van der Waals surface area contributed by atoms with E-state index in [1.807, 2.05) is 6.07 Å². The molecule has 3 aromatic rings. The molecule has 120 valence electrons. The Balaban J connectivity index is 1.71. The van der Waals surface area contributed by atoms with Gasteiger partial charge >= 0.3 is 0 Å². The van der Waals surface area contributed by atoms with Crippen LogP contribution in [0.25, 0.3) is 11.8 Å². The molecule has 0 aliphatic rings. The smallest absolute Gasteiger partial charge is 0.248 e. The van der Waals surface area contributed by atoms with Crippen LogP contribution in [-0.4, -0.2) is 26.1 Å². The van der Waals surface area contributed by atoms with E-state index in [4.69, 9.17) is 23.2 Å². The van der Waals surface area contributed by atoms with Crippen LogP contribution in [0.3, 0.4) is 0 Å². The van der Waals surface area contributed by atoms with E-state index in [0.29, 0.717) is 21.3 Å². The van der Waals surface area contributed by atoms with Crippen molar-refractivity contribution in [2.45, 2.75) is 0 Å². The second kappa shape index (κ2) is 7.25. The van der Waals surface area contributed by atoms with Crippen molar-refractivity contribution in [2.75, 3.05) is 5.32 Å². The van der Waals surface area contributed by atoms with Crippen LogP contribution in [0.2, 0.25) is 10.0 Å². The van der Waals surface area contributed by atoms with Crippen molar-refractivity contribution in [3.05, 3.63) is 70.5 Å². The predicted molar refractivity (Wildman–Crippen MR) is 93.3 cm³/mol. The van der Waals surface area contributed by atoms with Gasteiger partial charge in [-0.15, -0.1) is 5.10 Å². The molecule has 24 heavy (non-hydrogen) atoms. The van der Waals surface area contributed by atoms with Crippen molar-refractivity contribution in [3.63, 3.8) is 0 Å². The molecule has 6 nitrogen and oxygen atoms in total. The molecule has 0 unspecified atom stereocenters. The molecule has 0 aliphatic heterocycles. The Morgan fingerprint density at radius 3 is 2.79 bits per heavy atom. The van der Waals surface area contributed by atoms with Gasteiger partial charge in [-0.05, 0) is 52.4 Å². The molecule has 1 N–H and O–H groups in total. The van der Waals surface area contributed by atoms with E-state index in [0.717, 1.165) is 5.69 Å². The van der Waals surface area contributed by atoms with E-state index in [2.05, 4.69) is 20.8 Å². The van der Waals surface area contributed by atoms with E-state index in [1.54, 1.807) is 42.5 Å². The van der Waals surface area contributed by atoms with Crippen LogP contribution in [0.1, 0.15) is 5.56 Å². The van der Waals surface area contributed by atoms with Crippen molar-refractivity contribution in [3.8, 4) is 5.69 Å². The van der Waals surface area contributed by atoms with E-state index in [-0.39, 0.29) is 5.91 Å². The number of rotatable bonds is 4. The van der Waals surface area contributed by atoms with Gasteiger partial charge in [-0.25, -0.2) is 4.68 Å². The van der Waals surface area contributed by atoms with Gasteiger partial charge in [0, 0.05) is 21.8 Å².